The molecule has 0 saturated carbocycles. The van der Waals surface area contributed by atoms with Crippen molar-refractivity contribution in [2.75, 3.05) is 14.2 Å². The predicted octanol–water partition coefficient (Wildman–Crippen LogP) is 3.22. The van der Waals surface area contributed by atoms with Crippen LogP contribution in [0, 0.1) is 5.92 Å². The zero-order chi connectivity index (χ0) is 11.9. The van der Waals surface area contributed by atoms with Crippen LogP contribution in [0.2, 0.25) is 0 Å². The number of hydrogen-bond acceptors (Lipinski definition) is 2. The van der Waals surface area contributed by atoms with Crippen molar-refractivity contribution in [2.24, 2.45) is 5.92 Å². The summed E-state index contributed by atoms with van der Waals surface area (Å²) in [6, 6.07) is 0.472. The van der Waals surface area contributed by atoms with Gasteiger partial charge in [-0.1, -0.05) is 27.7 Å². The van der Waals surface area contributed by atoms with E-state index in [1.165, 1.54) is 12.8 Å². The Balaban J connectivity index is 4.44. The minimum Gasteiger partial charge on any atom is -0.377 e. The van der Waals surface area contributed by atoms with E-state index in [-0.39, 0.29) is 5.60 Å². The largest absolute Gasteiger partial charge is 0.377 e. The van der Waals surface area contributed by atoms with Crippen LogP contribution in [0.5, 0.6) is 0 Å². The maximum atomic E-state index is 5.76. The van der Waals surface area contributed by atoms with Crippen LogP contribution >= 0.6 is 0 Å². The molecule has 0 radical (unpaired) electrons. The molecule has 92 valence electrons. The van der Waals surface area contributed by atoms with E-state index in [2.05, 4.69) is 33.0 Å². The van der Waals surface area contributed by atoms with E-state index >= 15 is 0 Å². The summed E-state index contributed by atoms with van der Waals surface area (Å²) >= 11 is 0. The minimum atomic E-state index is 0.0175. The Morgan fingerprint density at radius 2 is 1.67 bits per heavy atom. The van der Waals surface area contributed by atoms with Gasteiger partial charge in [0.1, 0.15) is 0 Å². The fourth-order valence-electron chi connectivity index (χ4n) is 2.34. The first-order valence-electron chi connectivity index (χ1n) is 6.28. The van der Waals surface area contributed by atoms with Crippen molar-refractivity contribution in [2.45, 2.75) is 65.0 Å². The molecule has 0 spiro atoms. The first-order valence-corrected chi connectivity index (χ1v) is 6.28. The van der Waals surface area contributed by atoms with Gasteiger partial charge >= 0.3 is 0 Å². The maximum Gasteiger partial charge on any atom is 0.0825 e. The lowest BCUT2D eigenvalue weighted by molar-refractivity contribution is -0.0486. The molecular formula is C13H29NO. The summed E-state index contributed by atoms with van der Waals surface area (Å²) in [5.41, 5.74) is 0.0175. The fraction of sp³-hybridized carbons (Fsp3) is 1.00. The quantitative estimate of drug-likeness (QED) is 0.671. The molecule has 0 bridgehead atoms. The Morgan fingerprint density at radius 1 is 1.13 bits per heavy atom. The van der Waals surface area contributed by atoms with Crippen molar-refractivity contribution in [3.8, 4) is 0 Å². The predicted molar refractivity (Wildman–Crippen MR) is 67.2 cm³/mol. The SMILES string of the molecule is CCC(CC)(OC)C(CCC(C)C)NC. The number of nitrogens with one attached hydrogen (secondary N) is 1. The number of hydrogen-bond donors (Lipinski definition) is 1. The van der Waals surface area contributed by atoms with E-state index in [9.17, 15) is 0 Å². The maximum absolute atomic E-state index is 5.76. The van der Waals surface area contributed by atoms with E-state index in [0.29, 0.717) is 6.04 Å². The molecule has 0 rings (SSSR count). The van der Waals surface area contributed by atoms with Gasteiger partial charge in [0.2, 0.25) is 0 Å². The molecule has 0 aromatic carbocycles. The summed E-state index contributed by atoms with van der Waals surface area (Å²) in [6.07, 6.45) is 4.60. The second-order valence-corrected chi connectivity index (χ2v) is 4.79. The van der Waals surface area contributed by atoms with Gasteiger partial charge < -0.3 is 10.1 Å². The molecule has 0 saturated heterocycles. The number of likely N-dealkylation sites (N-methyl/N-ethyl adjacent to an activating group) is 1. The Hall–Kier alpha value is -0.0800. The molecule has 0 aliphatic rings. The van der Waals surface area contributed by atoms with Crippen molar-refractivity contribution in [1.29, 1.82) is 0 Å². The van der Waals surface area contributed by atoms with E-state index in [1.807, 2.05) is 14.2 Å². The van der Waals surface area contributed by atoms with Crippen LogP contribution in [0.15, 0.2) is 0 Å². The third kappa shape index (κ3) is 4.12. The summed E-state index contributed by atoms with van der Waals surface area (Å²) < 4.78 is 5.76. The molecule has 2 heteroatoms. The van der Waals surface area contributed by atoms with Crippen molar-refractivity contribution >= 4 is 0 Å². The van der Waals surface area contributed by atoms with Gasteiger partial charge in [0.25, 0.3) is 0 Å². The minimum absolute atomic E-state index is 0.0175. The summed E-state index contributed by atoms with van der Waals surface area (Å²) in [5.74, 6) is 0.768. The van der Waals surface area contributed by atoms with Crippen molar-refractivity contribution in [3.05, 3.63) is 0 Å². The third-order valence-electron chi connectivity index (χ3n) is 3.62. The summed E-state index contributed by atoms with van der Waals surface area (Å²) in [5, 5.41) is 3.43. The molecule has 0 aromatic rings. The molecule has 0 aliphatic carbocycles. The lowest BCUT2D eigenvalue weighted by Gasteiger charge is -2.38. The molecule has 1 atom stereocenters. The topological polar surface area (TPSA) is 21.3 Å². The van der Waals surface area contributed by atoms with Crippen LogP contribution in [0.4, 0.5) is 0 Å². The molecule has 0 aliphatic heterocycles. The van der Waals surface area contributed by atoms with Gasteiger partial charge in [-0.15, -0.1) is 0 Å². The molecule has 15 heavy (non-hydrogen) atoms. The van der Waals surface area contributed by atoms with E-state index < -0.39 is 0 Å². The molecular weight excluding hydrogens is 186 g/mol. The average molecular weight is 215 g/mol. The normalized spacial score (nSPS) is 14.6. The van der Waals surface area contributed by atoms with Crippen LogP contribution in [0.3, 0.4) is 0 Å². The first kappa shape index (κ1) is 14.9. The Labute approximate surface area is 95.8 Å². The van der Waals surface area contributed by atoms with Crippen LogP contribution < -0.4 is 5.32 Å². The molecule has 1 unspecified atom stereocenters. The molecule has 2 nitrogen and oxygen atoms in total. The molecule has 0 aromatic heterocycles. The second kappa shape index (κ2) is 7.24. The lowest BCUT2D eigenvalue weighted by atomic mass is 9.84. The van der Waals surface area contributed by atoms with Gasteiger partial charge in [0.05, 0.1) is 5.60 Å². The first-order chi connectivity index (χ1) is 7.06. The summed E-state index contributed by atoms with van der Waals surface area (Å²) in [6.45, 7) is 8.98. The van der Waals surface area contributed by atoms with Crippen molar-refractivity contribution in [3.63, 3.8) is 0 Å². The smallest absolute Gasteiger partial charge is 0.0825 e. The van der Waals surface area contributed by atoms with Crippen LogP contribution in [-0.4, -0.2) is 25.8 Å². The van der Waals surface area contributed by atoms with Gasteiger partial charge in [0.15, 0.2) is 0 Å². The number of methoxy groups -OCH3 is 1. The molecule has 0 fully saturated rings. The average Bonchev–Trinajstić information content (AvgIpc) is 2.24. The van der Waals surface area contributed by atoms with Gasteiger partial charge in [-0.25, -0.2) is 0 Å². The Bertz CT molecular complexity index is 144. The number of rotatable bonds is 8. The van der Waals surface area contributed by atoms with Crippen molar-refractivity contribution < 1.29 is 4.74 Å². The highest BCUT2D eigenvalue weighted by Crippen LogP contribution is 2.27. The summed E-state index contributed by atoms with van der Waals surface area (Å²) in [4.78, 5) is 0. The second-order valence-electron chi connectivity index (χ2n) is 4.79. The summed E-state index contributed by atoms with van der Waals surface area (Å²) in [7, 11) is 3.89. The van der Waals surface area contributed by atoms with Crippen LogP contribution in [0.1, 0.15) is 53.4 Å². The Morgan fingerprint density at radius 3 is 1.93 bits per heavy atom. The molecule has 0 amide bonds. The zero-order valence-electron chi connectivity index (χ0n) is 11.4. The molecule has 1 N–H and O–H groups in total. The highest BCUT2D eigenvalue weighted by atomic mass is 16.5. The van der Waals surface area contributed by atoms with E-state index in [4.69, 9.17) is 4.74 Å². The van der Waals surface area contributed by atoms with Gasteiger partial charge in [-0.2, -0.15) is 0 Å². The zero-order valence-corrected chi connectivity index (χ0v) is 11.4. The van der Waals surface area contributed by atoms with E-state index in [1.54, 1.807) is 0 Å². The monoisotopic (exact) mass is 215 g/mol. The third-order valence-corrected chi connectivity index (χ3v) is 3.62. The highest BCUT2D eigenvalue weighted by molar-refractivity contribution is 4.90. The van der Waals surface area contributed by atoms with E-state index in [0.717, 1.165) is 18.8 Å². The van der Waals surface area contributed by atoms with Gasteiger partial charge in [0, 0.05) is 13.2 Å². The van der Waals surface area contributed by atoms with Gasteiger partial charge in [-0.3, -0.25) is 0 Å². The Kier molecular flexibility index (Phi) is 7.20. The lowest BCUT2D eigenvalue weighted by Crippen LogP contribution is -2.50. The highest BCUT2D eigenvalue weighted by Gasteiger charge is 2.34. The fourth-order valence-corrected chi connectivity index (χ4v) is 2.34. The van der Waals surface area contributed by atoms with Crippen LogP contribution in [0.25, 0.3) is 0 Å². The van der Waals surface area contributed by atoms with Gasteiger partial charge in [-0.05, 0) is 38.6 Å². The number of ether oxygens (including phenoxy) is 1. The standard InChI is InChI=1S/C13H29NO/c1-7-13(8-2,15-6)12(14-5)10-9-11(3)4/h11-12,14H,7-10H2,1-6H3. The van der Waals surface area contributed by atoms with Crippen molar-refractivity contribution in [1.82, 2.24) is 5.32 Å². The van der Waals surface area contributed by atoms with Crippen LogP contribution in [-0.2, 0) is 4.74 Å². The molecule has 0 heterocycles.